The zero-order chi connectivity index (χ0) is 18.8. The van der Waals surface area contributed by atoms with Crippen molar-refractivity contribution in [3.8, 4) is 5.75 Å². The standard InChI is InChI=1S/C21H30N2O3/c1-4-23(5-2)18(20-12-9-15-26-20)16-22-21(24)14-13-17-10-7-8-11-19(17)25-6-3/h7-12,15,18H,4-6,13-14,16H2,1-3H3,(H,22,24). The van der Waals surface area contributed by atoms with Crippen LogP contribution in [0.15, 0.2) is 47.1 Å². The minimum absolute atomic E-state index is 0.0417. The monoisotopic (exact) mass is 358 g/mol. The highest BCUT2D eigenvalue weighted by atomic mass is 16.5. The summed E-state index contributed by atoms with van der Waals surface area (Å²) >= 11 is 0. The summed E-state index contributed by atoms with van der Waals surface area (Å²) in [5.41, 5.74) is 1.07. The Bertz CT molecular complexity index is 651. The van der Waals surface area contributed by atoms with Crippen molar-refractivity contribution in [3.05, 3.63) is 54.0 Å². The number of nitrogens with zero attached hydrogens (tertiary/aromatic N) is 1. The van der Waals surface area contributed by atoms with E-state index >= 15 is 0 Å². The Kier molecular flexibility index (Phi) is 8.22. The molecule has 0 radical (unpaired) electrons. The molecular formula is C21H30N2O3. The van der Waals surface area contributed by atoms with Crippen molar-refractivity contribution < 1.29 is 13.9 Å². The second-order valence-corrected chi connectivity index (χ2v) is 6.10. The Morgan fingerprint density at radius 2 is 1.92 bits per heavy atom. The summed E-state index contributed by atoms with van der Waals surface area (Å²) in [7, 11) is 0. The van der Waals surface area contributed by atoms with Crippen molar-refractivity contribution in [1.29, 1.82) is 0 Å². The number of aryl methyl sites for hydroxylation is 1. The SMILES string of the molecule is CCOc1ccccc1CCC(=O)NCC(c1ccco1)N(CC)CC. The maximum atomic E-state index is 12.4. The van der Waals surface area contributed by atoms with E-state index in [4.69, 9.17) is 9.15 Å². The lowest BCUT2D eigenvalue weighted by Gasteiger charge is -2.28. The first-order valence-electron chi connectivity index (χ1n) is 9.44. The lowest BCUT2D eigenvalue weighted by atomic mass is 10.1. The van der Waals surface area contributed by atoms with Crippen LogP contribution in [0.1, 0.15) is 44.6 Å². The van der Waals surface area contributed by atoms with Gasteiger partial charge in [0, 0.05) is 13.0 Å². The molecule has 2 aromatic rings. The van der Waals surface area contributed by atoms with Gasteiger partial charge in [-0.2, -0.15) is 0 Å². The number of benzene rings is 1. The van der Waals surface area contributed by atoms with E-state index in [0.29, 0.717) is 26.0 Å². The number of carbonyl (C=O) groups excluding carboxylic acids is 1. The maximum Gasteiger partial charge on any atom is 0.220 e. The predicted octanol–water partition coefficient (Wildman–Crippen LogP) is 3.81. The number of ether oxygens (including phenoxy) is 1. The second kappa shape index (κ2) is 10.7. The molecule has 2 rings (SSSR count). The van der Waals surface area contributed by atoms with Crippen LogP contribution in [0, 0.1) is 0 Å². The number of furan rings is 1. The zero-order valence-corrected chi connectivity index (χ0v) is 16.0. The van der Waals surface area contributed by atoms with Crippen LogP contribution in [0.25, 0.3) is 0 Å². The molecule has 1 aromatic carbocycles. The molecule has 0 bridgehead atoms. The zero-order valence-electron chi connectivity index (χ0n) is 16.0. The normalized spacial score (nSPS) is 12.2. The molecular weight excluding hydrogens is 328 g/mol. The average Bonchev–Trinajstić information content (AvgIpc) is 3.19. The molecule has 26 heavy (non-hydrogen) atoms. The molecule has 0 aliphatic carbocycles. The van der Waals surface area contributed by atoms with E-state index in [2.05, 4.69) is 24.1 Å². The molecule has 0 aliphatic rings. The first kappa shape index (κ1) is 20.0. The third kappa shape index (κ3) is 5.63. The molecule has 5 nitrogen and oxygen atoms in total. The van der Waals surface area contributed by atoms with Gasteiger partial charge in [-0.15, -0.1) is 0 Å². The van der Waals surface area contributed by atoms with Crippen LogP contribution in [0.2, 0.25) is 0 Å². The summed E-state index contributed by atoms with van der Waals surface area (Å²) in [6, 6.07) is 11.8. The molecule has 0 fully saturated rings. The summed E-state index contributed by atoms with van der Waals surface area (Å²) in [4.78, 5) is 14.6. The Labute approximate surface area is 156 Å². The maximum absolute atomic E-state index is 12.4. The van der Waals surface area contributed by atoms with Crippen LogP contribution in [0.4, 0.5) is 0 Å². The summed E-state index contributed by atoms with van der Waals surface area (Å²) in [5, 5.41) is 3.06. The van der Waals surface area contributed by atoms with E-state index in [0.717, 1.165) is 30.2 Å². The van der Waals surface area contributed by atoms with Gasteiger partial charge in [0.25, 0.3) is 0 Å². The molecule has 5 heteroatoms. The number of hydrogen-bond acceptors (Lipinski definition) is 4. The summed E-state index contributed by atoms with van der Waals surface area (Å²) in [6.45, 7) is 9.17. The first-order valence-corrected chi connectivity index (χ1v) is 9.44. The highest BCUT2D eigenvalue weighted by molar-refractivity contribution is 5.76. The molecule has 1 amide bonds. The Morgan fingerprint density at radius 3 is 2.58 bits per heavy atom. The average molecular weight is 358 g/mol. The van der Waals surface area contributed by atoms with Crippen LogP contribution >= 0.6 is 0 Å². The molecule has 1 atom stereocenters. The number of amides is 1. The largest absolute Gasteiger partial charge is 0.494 e. The second-order valence-electron chi connectivity index (χ2n) is 6.10. The quantitative estimate of drug-likeness (QED) is 0.664. The molecule has 0 aliphatic heterocycles. The van der Waals surface area contributed by atoms with Gasteiger partial charge >= 0.3 is 0 Å². The fourth-order valence-corrected chi connectivity index (χ4v) is 3.11. The van der Waals surface area contributed by atoms with E-state index in [1.807, 2.05) is 43.3 Å². The van der Waals surface area contributed by atoms with Crippen molar-refractivity contribution in [2.45, 2.75) is 39.7 Å². The third-order valence-electron chi connectivity index (χ3n) is 4.51. The first-order chi connectivity index (χ1) is 12.7. The van der Waals surface area contributed by atoms with E-state index in [1.54, 1.807) is 6.26 Å². The number of rotatable bonds is 11. The van der Waals surface area contributed by atoms with Crippen LogP contribution < -0.4 is 10.1 Å². The van der Waals surface area contributed by atoms with Crippen molar-refractivity contribution >= 4 is 5.91 Å². The van der Waals surface area contributed by atoms with E-state index in [1.165, 1.54) is 0 Å². The topological polar surface area (TPSA) is 54.7 Å². The molecule has 1 aromatic heterocycles. The lowest BCUT2D eigenvalue weighted by Crippen LogP contribution is -2.38. The minimum Gasteiger partial charge on any atom is -0.494 e. The van der Waals surface area contributed by atoms with Gasteiger partial charge in [0.05, 0.1) is 18.9 Å². The van der Waals surface area contributed by atoms with Gasteiger partial charge in [-0.3, -0.25) is 9.69 Å². The van der Waals surface area contributed by atoms with Gasteiger partial charge in [0.2, 0.25) is 5.91 Å². The highest BCUT2D eigenvalue weighted by Gasteiger charge is 2.21. The summed E-state index contributed by atoms with van der Waals surface area (Å²) in [5.74, 6) is 1.79. The van der Waals surface area contributed by atoms with Gasteiger partial charge in [-0.05, 0) is 50.2 Å². The van der Waals surface area contributed by atoms with Crippen LogP contribution in [-0.2, 0) is 11.2 Å². The number of likely N-dealkylation sites (N-methyl/N-ethyl adjacent to an activating group) is 1. The van der Waals surface area contributed by atoms with Crippen LogP contribution in [0.5, 0.6) is 5.75 Å². The molecule has 0 saturated heterocycles. The molecule has 0 spiro atoms. The minimum atomic E-state index is 0.0417. The van der Waals surface area contributed by atoms with E-state index < -0.39 is 0 Å². The van der Waals surface area contributed by atoms with Crippen molar-refractivity contribution in [1.82, 2.24) is 10.2 Å². The molecule has 0 saturated carbocycles. The van der Waals surface area contributed by atoms with Crippen molar-refractivity contribution in [2.24, 2.45) is 0 Å². The molecule has 1 unspecified atom stereocenters. The summed E-state index contributed by atoms with van der Waals surface area (Å²) in [6.07, 6.45) is 2.78. The van der Waals surface area contributed by atoms with Gasteiger partial charge in [-0.1, -0.05) is 32.0 Å². The number of carbonyl (C=O) groups is 1. The van der Waals surface area contributed by atoms with Gasteiger partial charge < -0.3 is 14.5 Å². The smallest absolute Gasteiger partial charge is 0.220 e. The highest BCUT2D eigenvalue weighted by Crippen LogP contribution is 2.21. The third-order valence-corrected chi connectivity index (χ3v) is 4.51. The van der Waals surface area contributed by atoms with Crippen molar-refractivity contribution in [3.63, 3.8) is 0 Å². The Balaban J connectivity index is 1.90. The van der Waals surface area contributed by atoms with Gasteiger partial charge in [0.1, 0.15) is 11.5 Å². The number of hydrogen-bond donors (Lipinski definition) is 1. The predicted molar refractivity (Wildman–Crippen MR) is 103 cm³/mol. The lowest BCUT2D eigenvalue weighted by molar-refractivity contribution is -0.121. The van der Waals surface area contributed by atoms with E-state index in [-0.39, 0.29) is 11.9 Å². The molecule has 1 N–H and O–H groups in total. The van der Waals surface area contributed by atoms with Gasteiger partial charge in [-0.25, -0.2) is 0 Å². The Morgan fingerprint density at radius 1 is 1.15 bits per heavy atom. The van der Waals surface area contributed by atoms with Gasteiger partial charge in [0.15, 0.2) is 0 Å². The fourth-order valence-electron chi connectivity index (χ4n) is 3.11. The van der Waals surface area contributed by atoms with E-state index in [9.17, 15) is 4.79 Å². The Hall–Kier alpha value is -2.27. The molecule has 1 heterocycles. The van der Waals surface area contributed by atoms with Crippen LogP contribution in [-0.4, -0.2) is 37.0 Å². The number of para-hydroxylation sites is 1. The number of nitrogens with one attached hydrogen (secondary N) is 1. The fraction of sp³-hybridized carbons (Fsp3) is 0.476. The van der Waals surface area contributed by atoms with Crippen LogP contribution in [0.3, 0.4) is 0 Å². The summed E-state index contributed by atoms with van der Waals surface area (Å²) < 4.78 is 11.2. The van der Waals surface area contributed by atoms with Crippen molar-refractivity contribution in [2.75, 3.05) is 26.2 Å². The molecule has 142 valence electrons.